The van der Waals surface area contributed by atoms with Crippen LogP contribution >= 0.6 is 0 Å². The number of rotatable bonds is 3. The minimum Gasteiger partial charge on any atom is -0.306 e. The third-order valence-electron chi connectivity index (χ3n) is 1.16. The summed E-state index contributed by atoms with van der Waals surface area (Å²) in [7, 11) is 0. The lowest BCUT2D eigenvalue weighted by Gasteiger charge is -2.02. The molecule has 0 fully saturated rings. The van der Waals surface area contributed by atoms with Gasteiger partial charge >= 0.3 is 0 Å². The summed E-state index contributed by atoms with van der Waals surface area (Å²) in [4.78, 5) is 0. The maximum Gasteiger partial charge on any atom is 0.0576 e. The summed E-state index contributed by atoms with van der Waals surface area (Å²) in [6, 6.07) is 0. The van der Waals surface area contributed by atoms with Gasteiger partial charge in [0.1, 0.15) is 0 Å². The van der Waals surface area contributed by atoms with Gasteiger partial charge in [-0.2, -0.15) is 0 Å². The van der Waals surface area contributed by atoms with Gasteiger partial charge in [0, 0.05) is 7.34 Å². The van der Waals surface area contributed by atoms with Crippen LogP contribution in [0.2, 0.25) is 0 Å². The minimum atomic E-state index is 0. The highest BCUT2D eigenvalue weighted by Crippen LogP contribution is 1.86. The van der Waals surface area contributed by atoms with Crippen LogP contribution in [0.1, 0.15) is 29.1 Å². The van der Waals surface area contributed by atoms with Crippen molar-refractivity contribution < 1.29 is 1.43 Å². The normalized spacial score (nSPS) is 10.0. The van der Waals surface area contributed by atoms with Crippen molar-refractivity contribution in [3.8, 4) is 11.8 Å². The average molecular weight is 155 g/mol. The van der Waals surface area contributed by atoms with Gasteiger partial charge in [0.25, 0.3) is 0 Å². The van der Waals surface area contributed by atoms with Crippen LogP contribution in [-0.4, -0.2) is 13.1 Å². The van der Waals surface area contributed by atoms with Crippen molar-refractivity contribution in [3.63, 3.8) is 0 Å². The van der Waals surface area contributed by atoms with Crippen LogP contribution in [-0.2, 0) is 0 Å². The van der Waals surface area contributed by atoms with E-state index < -0.39 is 0 Å². The molecule has 0 saturated carbocycles. The number of hydrogen-bond donors (Lipinski definition) is 1. The Kier molecular flexibility index (Phi) is 5.97. The second kappa shape index (κ2) is 6.24. The van der Waals surface area contributed by atoms with Gasteiger partial charge in [-0.25, -0.2) is 0 Å². The first-order chi connectivity index (χ1) is 5.13. The molecule has 0 bridgehead atoms. The van der Waals surface area contributed by atoms with E-state index in [4.69, 9.17) is 0 Å². The van der Waals surface area contributed by atoms with Crippen molar-refractivity contribution in [2.24, 2.45) is 11.8 Å². The lowest BCUT2D eigenvalue weighted by atomic mass is 10.2. The Labute approximate surface area is 72.1 Å². The van der Waals surface area contributed by atoms with E-state index in [-0.39, 0.29) is 1.43 Å². The van der Waals surface area contributed by atoms with E-state index in [1.165, 1.54) is 0 Å². The zero-order chi connectivity index (χ0) is 8.69. The molecule has 11 heavy (non-hydrogen) atoms. The first-order valence-corrected chi connectivity index (χ1v) is 4.32. The van der Waals surface area contributed by atoms with Crippen LogP contribution in [0.25, 0.3) is 0 Å². The number of nitrogens with one attached hydrogen (secondary N) is 1. The van der Waals surface area contributed by atoms with Gasteiger partial charge in [-0.05, 0) is 12.5 Å². The van der Waals surface area contributed by atoms with Crippen molar-refractivity contribution in [2.75, 3.05) is 13.1 Å². The fourth-order valence-corrected chi connectivity index (χ4v) is 0.678. The highest BCUT2D eigenvalue weighted by atomic mass is 14.8. The van der Waals surface area contributed by atoms with E-state index in [0.29, 0.717) is 5.92 Å². The Morgan fingerprint density at radius 3 is 2.36 bits per heavy atom. The molecule has 0 radical (unpaired) electrons. The summed E-state index contributed by atoms with van der Waals surface area (Å²) in [6.07, 6.45) is 0. The molecular formula is C10H21N. The summed E-state index contributed by atoms with van der Waals surface area (Å²) >= 11 is 0. The molecule has 0 heterocycles. The van der Waals surface area contributed by atoms with Gasteiger partial charge in [-0.1, -0.05) is 39.5 Å². The zero-order valence-corrected chi connectivity index (χ0v) is 8.07. The first kappa shape index (κ1) is 10.5. The highest BCUT2D eigenvalue weighted by Gasteiger charge is 1.89. The van der Waals surface area contributed by atoms with E-state index in [9.17, 15) is 0 Å². The standard InChI is InChI=1S/C10H19N.H2/c1-9(2)6-5-7-11-8-10(3)4;/h9-11H,7-8H2,1-4H3;1H. The predicted octanol–water partition coefficient (Wildman–Crippen LogP) is 2.14. The van der Waals surface area contributed by atoms with Crippen LogP contribution in [0, 0.1) is 23.7 Å². The summed E-state index contributed by atoms with van der Waals surface area (Å²) < 4.78 is 0. The monoisotopic (exact) mass is 155 g/mol. The summed E-state index contributed by atoms with van der Waals surface area (Å²) in [5.74, 6) is 7.40. The molecule has 1 nitrogen and oxygen atoms in total. The first-order valence-electron chi connectivity index (χ1n) is 4.32. The Balaban J connectivity index is 0. The summed E-state index contributed by atoms with van der Waals surface area (Å²) in [6.45, 7) is 10.5. The van der Waals surface area contributed by atoms with Crippen molar-refractivity contribution in [3.05, 3.63) is 0 Å². The fourth-order valence-electron chi connectivity index (χ4n) is 0.678. The molecule has 0 aliphatic rings. The molecule has 66 valence electrons. The van der Waals surface area contributed by atoms with Crippen LogP contribution in [0.5, 0.6) is 0 Å². The highest BCUT2D eigenvalue weighted by molar-refractivity contribution is 5.02. The van der Waals surface area contributed by atoms with Gasteiger partial charge < -0.3 is 5.32 Å². The number of hydrogen-bond acceptors (Lipinski definition) is 1. The molecule has 0 aromatic rings. The van der Waals surface area contributed by atoms with Crippen molar-refractivity contribution in [2.45, 2.75) is 27.7 Å². The molecular weight excluding hydrogens is 134 g/mol. The molecule has 0 aromatic heterocycles. The molecule has 0 aliphatic carbocycles. The van der Waals surface area contributed by atoms with E-state index in [1.807, 2.05) is 0 Å². The Hall–Kier alpha value is -0.480. The lowest BCUT2D eigenvalue weighted by Crippen LogP contribution is -2.19. The van der Waals surface area contributed by atoms with Crippen LogP contribution in [0.4, 0.5) is 0 Å². The fraction of sp³-hybridized carbons (Fsp3) is 0.800. The van der Waals surface area contributed by atoms with Crippen LogP contribution < -0.4 is 5.32 Å². The maximum atomic E-state index is 3.27. The van der Waals surface area contributed by atoms with Crippen molar-refractivity contribution >= 4 is 0 Å². The third kappa shape index (κ3) is 9.52. The molecule has 0 aliphatic heterocycles. The molecule has 0 unspecified atom stereocenters. The average Bonchev–Trinajstić information content (AvgIpc) is 1.85. The van der Waals surface area contributed by atoms with Crippen LogP contribution in [0.15, 0.2) is 0 Å². The van der Waals surface area contributed by atoms with Gasteiger partial charge in [0.15, 0.2) is 0 Å². The summed E-state index contributed by atoms with van der Waals surface area (Å²) in [5.41, 5.74) is 0. The van der Waals surface area contributed by atoms with Gasteiger partial charge in [-0.15, -0.1) is 0 Å². The largest absolute Gasteiger partial charge is 0.306 e. The quantitative estimate of drug-likeness (QED) is 0.486. The van der Waals surface area contributed by atoms with E-state index in [2.05, 4.69) is 44.9 Å². The maximum absolute atomic E-state index is 3.27. The Bertz CT molecular complexity index is 142. The smallest absolute Gasteiger partial charge is 0.0576 e. The topological polar surface area (TPSA) is 12.0 Å². The Morgan fingerprint density at radius 2 is 1.91 bits per heavy atom. The van der Waals surface area contributed by atoms with Crippen molar-refractivity contribution in [1.29, 1.82) is 0 Å². The second-order valence-corrected chi connectivity index (χ2v) is 3.50. The molecule has 0 atom stereocenters. The minimum absolute atomic E-state index is 0. The molecule has 1 heteroatoms. The molecule has 0 amide bonds. The second-order valence-electron chi connectivity index (χ2n) is 3.50. The van der Waals surface area contributed by atoms with Gasteiger partial charge in [0.2, 0.25) is 0 Å². The molecule has 0 rings (SSSR count). The van der Waals surface area contributed by atoms with Crippen molar-refractivity contribution in [1.82, 2.24) is 5.32 Å². The Morgan fingerprint density at radius 1 is 1.27 bits per heavy atom. The zero-order valence-electron chi connectivity index (χ0n) is 8.07. The predicted molar refractivity (Wildman–Crippen MR) is 52.4 cm³/mol. The third-order valence-corrected chi connectivity index (χ3v) is 1.16. The lowest BCUT2D eigenvalue weighted by molar-refractivity contribution is 0.580. The van der Waals surface area contributed by atoms with E-state index >= 15 is 0 Å². The van der Waals surface area contributed by atoms with Crippen LogP contribution in [0.3, 0.4) is 0 Å². The summed E-state index contributed by atoms with van der Waals surface area (Å²) in [5, 5.41) is 3.27. The molecule has 0 spiro atoms. The van der Waals surface area contributed by atoms with E-state index in [1.54, 1.807) is 0 Å². The molecule has 0 saturated heterocycles. The van der Waals surface area contributed by atoms with Gasteiger partial charge in [0.05, 0.1) is 6.54 Å². The van der Waals surface area contributed by atoms with Gasteiger partial charge in [-0.3, -0.25) is 0 Å². The SMILES string of the molecule is CC(C)C#CCNCC(C)C.[HH]. The molecule has 0 aromatic carbocycles. The van der Waals surface area contributed by atoms with E-state index in [0.717, 1.165) is 19.0 Å². The molecule has 1 N–H and O–H groups in total.